The number of aromatic nitrogens is 1. The lowest BCUT2D eigenvalue weighted by Crippen LogP contribution is -2.40. The molecule has 6 heteroatoms. The lowest BCUT2D eigenvalue weighted by Gasteiger charge is -2.25. The summed E-state index contributed by atoms with van der Waals surface area (Å²) in [6.45, 7) is 0. The van der Waals surface area contributed by atoms with Crippen molar-refractivity contribution in [1.29, 1.82) is 0 Å². The van der Waals surface area contributed by atoms with E-state index in [4.69, 9.17) is 26.8 Å². The van der Waals surface area contributed by atoms with E-state index in [1.54, 1.807) is 0 Å². The zero-order chi connectivity index (χ0) is 22.7. The van der Waals surface area contributed by atoms with Crippen LogP contribution < -0.4 is 32.6 Å². The number of nitrogens with zero attached hydrogens (tertiary/aromatic N) is 1. The van der Waals surface area contributed by atoms with Crippen LogP contribution in [0, 0.1) is 0 Å². The van der Waals surface area contributed by atoms with Gasteiger partial charge in [-0.3, -0.25) is 5.43 Å². The Morgan fingerprint density at radius 2 is 1.12 bits per heavy atom. The number of halogens is 1. The van der Waals surface area contributed by atoms with Crippen molar-refractivity contribution in [3.05, 3.63) is 120 Å². The molecule has 4 nitrogen and oxygen atoms in total. The van der Waals surface area contributed by atoms with Crippen LogP contribution in [0.1, 0.15) is 0 Å². The van der Waals surface area contributed by atoms with Crippen LogP contribution in [0.5, 0.6) is 0 Å². The maximum Gasteiger partial charge on any atom is 0.273 e. The fourth-order valence-corrected chi connectivity index (χ4v) is 8.39. The third kappa shape index (κ3) is 3.83. The summed E-state index contributed by atoms with van der Waals surface area (Å²) in [5.74, 6) is 6.95. The number of nitrogens with two attached hydrogens (primary N) is 1. The van der Waals surface area contributed by atoms with Gasteiger partial charge in [-0.25, -0.2) is 5.84 Å². The summed E-state index contributed by atoms with van der Waals surface area (Å²) in [6.07, 6.45) is 0. The molecule has 0 radical (unpaired) electrons. The van der Waals surface area contributed by atoms with Gasteiger partial charge >= 0.3 is 0 Å². The van der Waals surface area contributed by atoms with Gasteiger partial charge < -0.3 is 4.42 Å². The first-order valence-corrected chi connectivity index (χ1v) is 12.7. The Balaban J connectivity index is 1.87. The lowest BCUT2D eigenvalue weighted by atomic mass is 10.2. The molecule has 5 aromatic rings. The Labute approximate surface area is 198 Å². The number of nitrogens with one attached hydrogen (secondary N) is 1. The molecule has 1 aromatic heterocycles. The summed E-state index contributed by atoms with van der Waals surface area (Å²) in [5.41, 5.74) is 4.40. The van der Waals surface area contributed by atoms with Gasteiger partial charge in [-0.05, 0) is 60.7 Å². The molecule has 0 amide bonds. The molecule has 0 atom stereocenters. The molecular formula is C27H22ClN3OP+. The van der Waals surface area contributed by atoms with Crippen LogP contribution in [0.4, 0.5) is 5.88 Å². The van der Waals surface area contributed by atoms with Gasteiger partial charge in [0.2, 0.25) is 5.89 Å². The van der Waals surface area contributed by atoms with Crippen LogP contribution in [0.2, 0.25) is 5.02 Å². The molecule has 5 rings (SSSR count). The number of nitrogen functional groups attached to an aromatic ring is 1. The van der Waals surface area contributed by atoms with Gasteiger partial charge in [-0.15, -0.1) is 0 Å². The van der Waals surface area contributed by atoms with Crippen molar-refractivity contribution in [1.82, 2.24) is 4.98 Å². The number of hydrazine groups is 1. The van der Waals surface area contributed by atoms with Crippen molar-refractivity contribution < 1.29 is 4.42 Å². The molecule has 33 heavy (non-hydrogen) atoms. The summed E-state index contributed by atoms with van der Waals surface area (Å²) in [5, 5.41) is 4.14. The maximum absolute atomic E-state index is 6.20. The van der Waals surface area contributed by atoms with Crippen LogP contribution >= 0.6 is 18.9 Å². The topological polar surface area (TPSA) is 64.1 Å². The van der Waals surface area contributed by atoms with E-state index in [1.165, 1.54) is 0 Å². The van der Waals surface area contributed by atoms with Crippen LogP contribution in [0.15, 0.2) is 120 Å². The molecule has 0 bridgehead atoms. The van der Waals surface area contributed by atoms with Crippen LogP contribution in [0.3, 0.4) is 0 Å². The molecule has 0 spiro atoms. The monoisotopic (exact) mass is 470 g/mol. The molecule has 0 saturated carbocycles. The minimum atomic E-state index is -2.44. The zero-order valence-electron chi connectivity index (χ0n) is 17.7. The van der Waals surface area contributed by atoms with E-state index in [0.717, 1.165) is 26.9 Å². The molecule has 3 N–H and O–H groups in total. The third-order valence-corrected chi connectivity index (χ3v) is 9.99. The number of benzene rings is 4. The summed E-state index contributed by atoms with van der Waals surface area (Å²) in [6, 6.07) is 38.8. The Bertz CT molecular complexity index is 1240. The zero-order valence-corrected chi connectivity index (χ0v) is 19.4. The normalized spacial score (nSPS) is 11.3. The smallest absolute Gasteiger partial charge is 0.273 e. The van der Waals surface area contributed by atoms with Crippen LogP contribution in [-0.2, 0) is 0 Å². The summed E-state index contributed by atoms with van der Waals surface area (Å²) >= 11 is 6.10. The minimum Gasteiger partial charge on any atom is -0.415 e. The first-order chi connectivity index (χ1) is 16.2. The number of anilines is 1. The number of hydrogen-bond donors (Lipinski definition) is 2. The Morgan fingerprint density at radius 1 is 0.667 bits per heavy atom. The Hall–Kier alpha value is -3.43. The molecule has 0 fully saturated rings. The second-order valence-corrected chi connectivity index (χ2v) is 11.3. The van der Waals surface area contributed by atoms with Crippen molar-refractivity contribution in [2.24, 2.45) is 5.84 Å². The number of hydrogen-bond acceptors (Lipinski definition) is 4. The molecule has 0 unspecified atom stereocenters. The average molecular weight is 471 g/mol. The molecule has 0 aliphatic heterocycles. The van der Waals surface area contributed by atoms with Crippen molar-refractivity contribution in [2.45, 2.75) is 0 Å². The van der Waals surface area contributed by atoms with E-state index in [1.807, 2.05) is 42.5 Å². The summed E-state index contributed by atoms with van der Waals surface area (Å²) < 4.78 is 6.20. The van der Waals surface area contributed by atoms with Gasteiger partial charge in [-0.1, -0.05) is 66.2 Å². The second kappa shape index (κ2) is 9.21. The van der Waals surface area contributed by atoms with E-state index < -0.39 is 7.26 Å². The SMILES string of the molecule is NNc1oc(-c2ccc(Cl)cc2)nc1[P+](c1ccccc1)(c1ccccc1)c1ccccc1. The summed E-state index contributed by atoms with van der Waals surface area (Å²) in [4.78, 5) is 5.08. The highest BCUT2D eigenvalue weighted by Gasteiger charge is 2.53. The highest BCUT2D eigenvalue weighted by Crippen LogP contribution is 2.55. The van der Waals surface area contributed by atoms with Gasteiger partial charge in [0.25, 0.3) is 11.3 Å². The Morgan fingerprint density at radius 3 is 1.55 bits per heavy atom. The average Bonchev–Trinajstić information content (AvgIpc) is 3.32. The highest BCUT2D eigenvalue weighted by atomic mass is 35.5. The van der Waals surface area contributed by atoms with Crippen LogP contribution in [-0.4, -0.2) is 4.98 Å². The largest absolute Gasteiger partial charge is 0.415 e. The van der Waals surface area contributed by atoms with E-state index >= 15 is 0 Å². The fourth-order valence-electron chi connectivity index (χ4n) is 4.12. The van der Waals surface area contributed by atoms with E-state index in [0.29, 0.717) is 16.8 Å². The van der Waals surface area contributed by atoms with Gasteiger partial charge in [0.05, 0.1) is 0 Å². The van der Waals surface area contributed by atoms with E-state index in [2.05, 4.69) is 78.2 Å². The summed E-state index contributed by atoms with van der Waals surface area (Å²) in [7, 11) is -2.44. The molecule has 0 aliphatic carbocycles. The van der Waals surface area contributed by atoms with Gasteiger partial charge in [0, 0.05) is 10.6 Å². The van der Waals surface area contributed by atoms with Crippen LogP contribution in [0.25, 0.3) is 11.5 Å². The molecular weight excluding hydrogens is 449 g/mol. The van der Waals surface area contributed by atoms with Crippen molar-refractivity contribution in [3.63, 3.8) is 0 Å². The number of oxazole rings is 1. The second-order valence-electron chi connectivity index (χ2n) is 7.50. The molecule has 1 heterocycles. The van der Waals surface area contributed by atoms with E-state index in [9.17, 15) is 0 Å². The third-order valence-electron chi connectivity index (χ3n) is 5.58. The Kier molecular flexibility index (Phi) is 5.97. The predicted octanol–water partition coefficient (Wildman–Crippen LogP) is 4.90. The molecule has 0 saturated heterocycles. The van der Waals surface area contributed by atoms with E-state index in [-0.39, 0.29) is 0 Å². The quantitative estimate of drug-likeness (QED) is 0.210. The predicted molar refractivity (Wildman–Crippen MR) is 140 cm³/mol. The van der Waals surface area contributed by atoms with Crippen molar-refractivity contribution >= 4 is 46.1 Å². The first-order valence-electron chi connectivity index (χ1n) is 10.5. The lowest BCUT2D eigenvalue weighted by molar-refractivity contribution is 0.587. The number of rotatable bonds is 6. The standard InChI is InChI=1S/C27H22ClN3OP/c28-21-18-16-20(17-19-21)25-30-27(26(31-29)32-25)33(22-10-4-1-5-11-22,23-12-6-2-7-13-23)24-14-8-3-9-15-24/h1-19,31H,29H2/q+1. The maximum atomic E-state index is 6.20. The highest BCUT2D eigenvalue weighted by molar-refractivity contribution is 8.01. The molecule has 4 aromatic carbocycles. The first kappa shape index (κ1) is 21.4. The van der Waals surface area contributed by atoms with Gasteiger partial charge in [-0.2, -0.15) is 4.98 Å². The van der Waals surface area contributed by atoms with Crippen molar-refractivity contribution in [3.8, 4) is 11.5 Å². The fraction of sp³-hybridized carbons (Fsp3) is 0. The molecule has 162 valence electrons. The minimum absolute atomic E-state index is 0.449. The van der Waals surface area contributed by atoms with Crippen molar-refractivity contribution in [2.75, 3.05) is 5.43 Å². The van der Waals surface area contributed by atoms with Gasteiger partial charge in [0.1, 0.15) is 15.9 Å². The molecule has 0 aliphatic rings. The van der Waals surface area contributed by atoms with Gasteiger partial charge in [0.15, 0.2) is 7.26 Å².